The number of nitrogens with one attached hydrogen (secondary N) is 2. The van der Waals surface area contributed by atoms with Crippen LogP contribution in [0.25, 0.3) is 0 Å². The molecule has 0 unspecified atom stereocenters. The Morgan fingerprint density at radius 3 is 2.14 bits per heavy atom. The summed E-state index contributed by atoms with van der Waals surface area (Å²) in [6.07, 6.45) is 0. The molecule has 0 aromatic heterocycles. The van der Waals surface area contributed by atoms with E-state index in [4.69, 9.17) is 0 Å². The van der Waals surface area contributed by atoms with Crippen molar-refractivity contribution in [2.75, 3.05) is 4.72 Å². The number of benzene rings is 3. The molecule has 6 heteroatoms. The van der Waals surface area contributed by atoms with Crippen LogP contribution in [0.3, 0.4) is 0 Å². The van der Waals surface area contributed by atoms with Gasteiger partial charge in [0.05, 0.1) is 16.6 Å². The second-order valence-corrected chi connectivity index (χ2v) is 8.24. The lowest BCUT2D eigenvalue weighted by Crippen LogP contribution is -2.26. The molecule has 0 aliphatic heterocycles. The third-order valence-corrected chi connectivity index (χ3v) is 5.83. The van der Waals surface area contributed by atoms with E-state index in [0.717, 1.165) is 11.1 Å². The van der Waals surface area contributed by atoms with Gasteiger partial charge in [-0.25, -0.2) is 8.42 Å². The summed E-state index contributed by atoms with van der Waals surface area (Å²) in [7, 11) is -3.73. The first-order valence-electron chi connectivity index (χ1n) is 8.91. The molecule has 3 aromatic rings. The first-order valence-corrected chi connectivity index (χ1v) is 10.4. The Morgan fingerprint density at radius 2 is 1.50 bits per heavy atom. The topological polar surface area (TPSA) is 75.3 Å². The van der Waals surface area contributed by atoms with Gasteiger partial charge in [0, 0.05) is 5.56 Å². The zero-order valence-corrected chi connectivity index (χ0v) is 16.5. The number of amides is 1. The molecule has 2 N–H and O–H groups in total. The molecule has 5 nitrogen and oxygen atoms in total. The van der Waals surface area contributed by atoms with Crippen molar-refractivity contribution < 1.29 is 13.2 Å². The second kappa shape index (κ2) is 8.27. The quantitative estimate of drug-likeness (QED) is 0.655. The summed E-state index contributed by atoms with van der Waals surface area (Å²) in [5.41, 5.74) is 2.49. The summed E-state index contributed by atoms with van der Waals surface area (Å²) in [5, 5.41) is 2.94. The van der Waals surface area contributed by atoms with E-state index in [2.05, 4.69) is 10.0 Å². The number of hydrogen-bond donors (Lipinski definition) is 2. The van der Waals surface area contributed by atoms with E-state index in [1.54, 1.807) is 43.3 Å². The summed E-state index contributed by atoms with van der Waals surface area (Å²) < 4.78 is 27.7. The van der Waals surface area contributed by atoms with Crippen LogP contribution in [-0.2, 0) is 10.0 Å². The van der Waals surface area contributed by atoms with Gasteiger partial charge in [0.25, 0.3) is 15.9 Å². The third kappa shape index (κ3) is 4.58. The van der Waals surface area contributed by atoms with Crippen molar-refractivity contribution in [2.24, 2.45) is 0 Å². The molecule has 1 atom stereocenters. The molecule has 0 saturated carbocycles. The first kappa shape index (κ1) is 19.6. The Bertz CT molecular complexity index is 1070. The second-order valence-electron chi connectivity index (χ2n) is 6.55. The van der Waals surface area contributed by atoms with Crippen molar-refractivity contribution in [3.8, 4) is 0 Å². The highest BCUT2D eigenvalue weighted by molar-refractivity contribution is 7.92. The van der Waals surface area contributed by atoms with Crippen LogP contribution in [0.15, 0.2) is 83.8 Å². The van der Waals surface area contributed by atoms with Gasteiger partial charge in [-0.3, -0.25) is 9.52 Å². The molecule has 3 rings (SSSR count). The molecule has 144 valence electrons. The maximum Gasteiger partial charge on any atom is 0.261 e. The molecule has 0 saturated heterocycles. The molecule has 0 spiro atoms. The predicted octanol–water partition coefficient (Wildman–Crippen LogP) is 4.29. The number of aryl methyl sites for hydroxylation is 1. The molecule has 28 heavy (non-hydrogen) atoms. The smallest absolute Gasteiger partial charge is 0.261 e. The Labute approximate surface area is 165 Å². The standard InChI is InChI=1S/C22H22N2O3S/c1-16-13-14-19(22(25)23-17(2)18-9-5-3-6-10-18)15-21(16)24-28(26,27)20-11-7-4-8-12-20/h3-15,17,24H,1-2H3,(H,23,25)/t17-/m1/s1. The zero-order valence-electron chi connectivity index (χ0n) is 15.7. The molecule has 0 heterocycles. The van der Waals surface area contributed by atoms with Crippen molar-refractivity contribution in [1.29, 1.82) is 0 Å². The van der Waals surface area contributed by atoms with Crippen LogP contribution in [0.4, 0.5) is 5.69 Å². The van der Waals surface area contributed by atoms with Crippen molar-refractivity contribution in [1.82, 2.24) is 5.32 Å². The number of anilines is 1. The maximum absolute atomic E-state index is 12.6. The van der Waals surface area contributed by atoms with E-state index in [0.29, 0.717) is 11.3 Å². The molecule has 3 aromatic carbocycles. The Morgan fingerprint density at radius 1 is 0.893 bits per heavy atom. The highest BCUT2D eigenvalue weighted by Crippen LogP contribution is 2.22. The third-order valence-electron chi connectivity index (χ3n) is 4.44. The monoisotopic (exact) mass is 394 g/mol. The fraction of sp³-hybridized carbons (Fsp3) is 0.136. The lowest BCUT2D eigenvalue weighted by molar-refractivity contribution is 0.0940. The average molecular weight is 394 g/mol. The number of carbonyl (C=O) groups is 1. The Kier molecular flexibility index (Phi) is 5.80. The summed E-state index contributed by atoms with van der Waals surface area (Å²) in [6, 6.07) is 22.6. The van der Waals surface area contributed by atoms with E-state index in [1.165, 1.54) is 12.1 Å². The minimum absolute atomic E-state index is 0.167. The molecule has 1 amide bonds. The van der Waals surface area contributed by atoms with E-state index in [1.807, 2.05) is 37.3 Å². The van der Waals surface area contributed by atoms with Crippen molar-refractivity contribution >= 4 is 21.6 Å². The zero-order chi connectivity index (χ0) is 20.1. The lowest BCUT2D eigenvalue weighted by atomic mass is 10.1. The first-order chi connectivity index (χ1) is 13.4. The Balaban J connectivity index is 1.80. The lowest BCUT2D eigenvalue weighted by Gasteiger charge is -2.16. The Hall–Kier alpha value is -3.12. The predicted molar refractivity (Wildman–Crippen MR) is 111 cm³/mol. The summed E-state index contributed by atoms with van der Waals surface area (Å²) in [5.74, 6) is -0.267. The summed E-state index contributed by atoms with van der Waals surface area (Å²) >= 11 is 0. The van der Waals surface area contributed by atoms with Gasteiger partial charge < -0.3 is 5.32 Å². The fourth-order valence-corrected chi connectivity index (χ4v) is 3.92. The average Bonchev–Trinajstić information content (AvgIpc) is 2.70. The minimum Gasteiger partial charge on any atom is -0.346 e. The van der Waals surface area contributed by atoms with Gasteiger partial charge in [0.1, 0.15) is 0 Å². The van der Waals surface area contributed by atoms with Crippen LogP contribution in [0.5, 0.6) is 0 Å². The largest absolute Gasteiger partial charge is 0.346 e. The SMILES string of the molecule is Cc1ccc(C(=O)N[C@H](C)c2ccccc2)cc1NS(=O)(=O)c1ccccc1. The van der Waals surface area contributed by atoms with Crippen LogP contribution in [0.1, 0.15) is 34.5 Å². The molecule has 0 aliphatic carbocycles. The molecule has 0 radical (unpaired) electrons. The van der Waals surface area contributed by atoms with Crippen molar-refractivity contribution in [2.45, 2.75) is 24.8 Å². The maximum atomic E-state index is 12.6. The van der Waals surface area contributed by atoms with E-state index >= 15 is 0 Å². The van der Waals surface area contributed by atoms with Crippen LogP contribution >= 0.6 is 0 Å². The minimum atomic E-state index is -3.73. The van der Waals surface area contributed by atoms with Gasteiger partial charge in [0.2, 0.25) is 0 Å². The van der Waals surface area contributed by atoms with E-state index in [9.17, 15) is 13.2 Å². The van der Waals surface area contributed by atoms with Gasteiger partial charge in [0.15, 0.2) is 0 Å². The molecule has 0 aliphatic rings. The number of carbonyl (C=O) groups excluding carboxylic acids is 1. The number of hydrogen-bond acceptors (Lipinski definition) is 3. The molecule has 0 fully saturated rings. The molecular formula is C22H22N2O3S. The van der Waals surface area contributed by atoms with Crippen LogP contribution in [0.2, 0.25) is 0 Å². The highest BCUT2D eigenvalue weighted by Gasteiger charge is 2.17. The van der Waals surface area contributed by atoms with E-state index < -0.39 is 10.0 Å². The van der Waals surface area contributed by atoms with Gasteiger partial charge in [-0.1, -0.05) is 54.6 Å². The van der Waals surface area contributed by atoms with Gasteiger partial charge in [-0.05, 0) is 49.2 Å². The van der Waals surface area contributed by atoms with Gasteiger partial charge in [-0.15, -0.1) is 0 Å². The van der Waals surface area contributed by atoms with Gasteiger partial charge in [-0.2, -0.15) is 0 Å². The molecular weight excluding hydrogens is 372 g/mol. The summed E-state index contributed by atoms with van der Waals surface area (Å²) in [4.78, 5) is 12.8. The number of sulfonamides is 1. The highest BCUT2D eigenvalue weighted by atomic mass is 32.2. The normalized spacial score (nSPS) is 12.2. The fourth-order valence-electron chi connectivity index (χ4n) is 2.78. The van der Waals surface area contributed by atoms with Crippen LogP contribution < -0.4 is 10.0 Å². The van der Waals surface area contributed by atoms with Crippen LogP contribution in [-0.4, -0.2) is 14.3 Å². The van der Waals surface area contributed by atoms with Crippen molar-refractivity contribution in [3.05, 3.63) is 95.6 Å². The molecule has 0 bridgehead atoms. The van der Waals surface area contributed by atoms with Gasteiger partial charge >= 0.3 is 0 Å². The summed E-state index contributed by atoms with van der Waals surface area (Å²) in [6.45, 7) is 3.69. The number of rotatable bonds is 6. The van der Waals surface area contributed by atoms with Crippen molar-refractivity contribution in [3.63, 3.8) is 0 Å². The van der Waals surface area contributed by atoms with Crippen LogP contribution in [0, 0.1) is 6.92 Å². The van der Waals surface area contributed by atoms with E-state index in [-0.39, 0.29) is 16.8 Å².